The van der Waals surface area contributed by atoms with Crippen LogP contribution < -0.4 is 0 Å². The van der Waals surface area contributed by atoms with Gasteiger partial charge in [-0.2, -0.15) is 0 Å². The first-order valence-electron chi connectivity index (χ1n) is 4.06. The monoisotopic (exact) mass is 168 g/mol. The maximum absolute atomic E-state index is 2.26. The third-order valence-electron chi connectivity index (χ3n) is 1.68. The quantitative estimate of drug-likeness (QED) is 0.532. The van der Waals surface area contributed by atoms with Gasteiger partial charge in [-0.15, -0.1) is 11.8 Å². The summed E-state index contributed by atoms with van der Waals surface area (Å²) in [5, 5.41) is 0.647. The Bertz CT molecular complexity index is 193. The normalized spacial score (nSPS) is 25.1. The average Bonchev–Trinajstić information content (AvgIpc) is 1.86. The van der Waals surface area contributed by atoms with Crippen molar-refractivity contribution < 1.29 is 0 Å². The van der Waals surface area contributed by atoms with E-state index in [4.69, 9.17) is 0 Å². The molecule has 1 atom stereocenters. The molecule has 0 fully saturated rings. The van der Waals surface area contributed by atoms with Crippen LogP contribution in [0.5, 0.6) is 0 Å². The molecule has 0 spiro atoms. The van der Waals surface area contributed by atoms with Gasteiger partial charge in [0.15, 0.2) is 0 Å². The number of allylic oxidation sites excluding steroid dienone is 3. The maximum atomic E-state index is 2.26. The molecule has 1 heterocycles. The van der Waals surface area contributed by atoms with Gasteiger partial charge in [0.2, 0.25) is 0 Å². The lowest BCUT2D eigenvalue weighted by atomic mass is 9.95. The fourth-order valence-electron chi connectivity index (χ4n) is 1.01. The number of rotatable bonds is 0. The first-order chi connectivity index (χ1) is 5.00. The van der Waals surface area contributed by atoms with Crippen molar-refractivity contribution in [2.75, 3.05) is 0 Å². The summed E-state index contributed by atoms with van der Waals surface area (Å²) in [4.78, 5) is 1.49. The summed E-state index contributed by atoms with van der Waals surface area (Å²) in [6, 6.07) is 0. The van der Waals surface area contributed by atoms with Gasteiger partial charge in [-0.25, -0.2) is 0 Å². The third kappa shape index (κ3) is 2.41. The van der Waals surface area contributed by atoms with Crippen molar-refractivity contribution in [3.8, 4) is 0 Å². The molecule has 0 aromatic carbocycles. The Hall–Kier alpha value is -0.170. The minimum Gasteiger partial charge on any atom is -0.123 e. The second-order valence-electron chi connectivity index (χ2n) is 3.99. The minimum atomic E-state index is 0.323. The highest BCUT2D eigenvalue weighted by Gasteiger charge is 2.19. The van der Waals surface area contributed by atoms with Crippen molar-refractivity contribution in [1.82, 2.24) is 0 Å². The number of thioether (sulfide) groups is 1. The van der Waals surface area contributed by atoms with Gasteiger partial charge < -0.3 is 0 Å². The minimum absolute atomic E-state index is 0.323. The van der Waals surface area contributed by atoms with Crippen LogP contribution in [0.4, 0.5) is 0 Å². The fourth-order valence-corrected chi connectivity index (χ4v) is 2.09. The van der Waals surface area contributed by atoms with E-state index in [2.05, 4.69) is 45.9 Å². The van der Waals surface area contributed by atoms with E-state index < -0.39 is 0 Å². The second kappa shape index (κ2) is 3.06. The molecule has 11 heavy (non-hydrogen) atoms. The van der Waals surface area contributed by atoms with Crippen molar-refractivity contribution in [2.24, 2.45) is 5.41 Å². The van der Waals surface area contributed by atoms with Crippen LogP contribution in [0.25, 0.3) is 0 Å². The SMILES string of the molecule is CC1C=CC=C(C(C)(C)C)S1. The van der Waals surface area contributed by atoms with Gasteiger partial charge in [0.1, 0.15) is 0 Å². The van der Waals surface area contributed by atoms with Crippen molar-refractivity contribution in [3.05, 3.63) is 23.1 Å². The second-order valence-corrected chi connectivity index (χ2v) is 5.41. The van der Waals surface area contributed by atoms with Gasteiger partial charge in [0.05, 0.1) is 0 Å². The molecule has 0 nitrogen and oxygen atoms in total. The molecule has 0 saturated heterocycles. The Morgan fingerprint density at radius 1 is 1.36 bits per heavy atom. The topological polar surface area (TPSA) is 0 Å². The first-order valence-corrected chi connectivity index (χ1v) is 4.94. The van der Waals surface area contributed by atoms with Crippen LogP contribution in [-0.4, -0.2) is 5.25 Å². The summed E-state index contributed by atoms with van der Waals surface area (Å²) in [7, 11) is 0. The molecule has 1 aliphatic heterocycles. The van der Waals surface area contributed by atoms with E-state index in [1.807, 2.05) is 11.8 Å². The van der Waals surface area contributed by atoms with Crippen molar-refractivity contribution in [1.29, 1.82) is 0 Å². The van der Waals surface area contributed by atoms with E-state index >= 15 is 0 Å². The van der Waals surface area contributed by atoms with Crippen molar-refractivity contribution in [3.63, 3.8) is 0 Å². The lowest BCUT2D eigenvalue weighted by molar-refractivity contribution is 0.532. The summed E-state index contributed by atoms with van der Waals surface area (Å²) in [6.07, 6.45) is 6.63. The van der Waals surface area contributed by atoms with Crippen molar-refractivity contribution in [2.45, 2.75) is 32.9 Å². The smallest absolute Gasteiger partial charge is 0.0246 e. The van der Waals surface area contributed by atoms with Gasteiger partial charge >= 0.3 is 0 Å². The van der Waals surface area contributed by atoms with Gasteiger partial charge in [-0.05, 0) is 17.2 Å². The Kier molecular flexibility index (Phi) is 2.48. The van der Waals surface area contributed by atoms with Crippen LogP contribution in [0.3, 0.4) is 0 Å². The van der Waals surface area contributed by atoms with E-state index in [0.717, 1.165) is 0 Å². The molecule has 0 aromatic rings. The third-order valence-corrected chi connectivity index (χ3v) is 3.21. The highest BCUT2D eigenvalue weighted by atomic mass is 32.2. The van der Waals surface area contributed by atoms with E-state index in [0.29, 0.717) is 10.7 Å². The fraction of sp³-hybridized carbons (Fsp3) is 0.600. The van der Waals surface area contributed by atoms with E-state index in [9.17, 15) is 0 Å². The maximum Gasteiger partial charge on any atom is 0.0246 e. The van der Waals surface area contributed by atoms with Crippen LogP contribution >= 0.6 is 11.8 Å². The van der Waals surface area contributed by atoms with E-state index in [1.165, 1.54) is 4.91 Å². The Morgan fingerprint density at radius 3 is 2.36 bits per heavy atom. The zero-order chi connectivity index (χ0) is 8.48. The summed E-state index contributed by atoms with van der Waals surface area (Å²) in [5.74, 6) is 0. The van der Waals surface area contributed by atoms with E-state index in [1.54, 1.807) is 0 Å². The van der Waals surface area contributed by atoms with E-state index in [-0.39, 0.29) is 0 Å². The summed E-state index contributed by atoms with van der Waals surface area (Å²) >= 11 is 1.97. The standard InChI is InChI=1S/C10H16S/c1-8-6-5-7-9(11-8)10(2,3)4/h5-8H,1-4H3. The van der Waals surface area contributed by atoms with Gasteiger partial charge in [0.25, 0.3) is 0 Å². The molecule has 0 amide bonds. The van der Waals surface area contributed by atoms with Gasteiger partial charge in [-0.1, -0.05) is 39.0 Å². The molecule has 1 unspecified atom stereocenters. The van der Waals surface area contributed by atoms with Crippen LogP contribution in [0, 0.1) is 5.41 Å². The predicted molar refractivity (Wildman–Crippen MR) is 53.7 cm³/mol. The summed E-state index contributed by atoms with van der Waals surface area (Å²) in [5.41, 5.74) is 0.323. The molecule has 0 radical (unpaired) electrons. The molecule has 0 bridgehead atoms. The number of hydrogen-bond donors (Lipinski definition) is 0. The molecule has 0 aromatic heterocycles. The van der Waals surface area contributed by atoms with Crippen LogP contribution in [0.1, 0.15) is 27.7 Å². The molecule has 62 valence electrons. The molecule has 0 N–H and O–H groups in total. The van der Waals surface area contributed by atoms with Gasteiger partial charge in [-0.3, -0.25) is 0 Å². The molecular weight excluding hydrogens is 152 g/mol. The average molecular weight is 168 g/mol. The molecule has 1 aliphatic rings. The number of hydrogen-bond acceptors (Lipinski definition) is 1. The van der Waals surface area contributed by atoms with Crippen molar-refractivity contribution >= 4 is 11.8 Å². The lowest BCUT2D eigenvalue weighted by Crippen LogP contribution is -2.10. The molecule has 1 rings (SSSR count). The van der Waals surface area contributed by atoms with Gasteiger partial charge in [0, 0.05) is 5.25 Å². The molecule has 0 aliphatic carbocycles. The Labute approximate surface area is 73.8 Å². The Morgan fingerprint density at radius 2 is 2.00 bits per heavy atom. The zero-order valence-corrected chi connectivity index (χ0v) is 8.53. The molecule has 1 heteroatoms. The van der Waals surface area contributed by atoms with Crippen LogP contribution in [0.2, 0.25) is 0 Å². The first kappa shape index (κ1) is 8.92. The molecule has 0 saturated carbocycles. The largest absolute Gasteiger partial charge is 0.123 e. The zero-order valence-electron chi connectivity index (χ0n) is 7.72. The highest BCUT2D eigenvalue weighted by Crippen LogP contribution is 2.39. The Balaban J connectivity index is 2.75. The lowest BCUT2D eigenvalue weighted by Gasteiger charge is -2.25. The summed E-state index contributed by atoms with van der Waals surface area (Å²) < 4.78 is 0. The van der Waals surface area contributed by atoms with Crippen LogP contribution in [-0.2, 0) is 0 Å². The van der Waals surface area contributed by atoms with Crippen LogP contribution in [0.15, 0.2) is 23.1 Å². The highest BCUT2D eigenvalue weighted by molar-refractivity contribution is 8.03. The predicted octanol–water partition coefficient (Wildman–Crippen LogP) is 3.61. The molecular formula is C10H16S. The summed E-state index contributed by atoms with van der Waals surface area (Å²) in [6.45, 7) is 9.02.